The molecule has 0 N–H and O–H groups in total. The Labute approximate surface area is 143 Å². The van der Waals surface area contributed by atoms with E-state index in [1.165, 1.54) is 41.3 Å². The van der Waals surface area contributed by atoms with Crippen molar-refractivity contribution in [2.45, 2.75) is 25.7 Å². The number of likely N-dealkylation sites (N-methyl/N-ethyl adjacent to an activating group) is 1. The second-order valence-corrected chi connectivity index (χ2v) is 7.96. The second-order valence-electron chi connectivity index (χ2n) is 7.01. The molecule has 2 aromatic rings. The Kier molecular flexibility index (Phi) is 4.63. The number of benzene rings is 1. The van der Waals surface area contributed by atoms with Crippen molar-refractivity contribution in [1.82, 2.24) is 4.90 Å². The largest absolute Gasteiger partial charge is 0.305 e. The molecule has 22 heavy (non-hydrogen) atoms. The lowest BCUT2D eigenvalue weighted by Crippen LogP contribution is -2.21. The number of nitrogens with zero attached hydrogens (tertiary/aromatic N) is 1. The molecular formula is C19H24ClNS. The molecule has 2 aliphatic carbocycles. The van der Waals surface area contributed by atoms with E-state index in [9.17, 15) is 0 Å². The Morgan fingerprint density at radius 3 is 2.86 bits per heavy atom. The number of halogens is 1. The Morgan fingerprint density at radius 1 is 1.18 bits per heavy atom. The maximum atomic E-state index is 2.43. The van der Waals surface area contributed by atoms with Crippen LogP contribution in [0, 0.1) is 11.8 Å². The fraction of sp³-hybridized carbons (Fsp3) is 0.474. The van der Waals surface area contributed by atoms with E-state index >= 15 is 0 Å². The smallest absolute Gasteiger partial charge is 0.0343 e. The molecule has 1 aromatic carbocycles. The van der Waals surface area contributed by atoms with E-state index in [4.69, 9.17) is 0 Å². The van der Waals surface area contributed by atoms with Gasteiger partial charge < -0.3 is 4.90 Å². The van der Waals surface area contributed by atoms with Gasteiger partial charge in [0.05, 0.1) is 0 Å². The fourth-order valence-corrected chi connectivity index (χ4v) is 5.15. The van der Waals surface area contributed by atoms with Crippen molar-refractivity contribution in [3.05, 3.63) is 40.8 Å². The van der Waals surface area contributed by atoms with E-state index in [0.29, 0.717) is 0 Å². The Balaban J connectivity index is 0.00000144. The monoisotopic (exact) mass is 333 g/mol. The van der Waals surface area contributed by atoms with Gasteiger partial charge in [-0.2, -0.15) is 0 Å². The first-order chi connectivity index (χ1) is 10.2. The zero-order chi connectivity index (χ0) is 14.4. The first kappa shape index (κ1) is 16.0. The van der Waals surface area contributed by atoms with Gasteiger partial charge in [-0.3, -0.25) is 0 Å². The molecule has 2 aliphatic rings. The third-order valence-corrected chi connectivity index (χ3v) is 6.03. The lowest BCUT2D eigenvalue weighted by molar-refractivity contribution is 0.413. The van der Waals surface area contributed by atoms with Crippen LogP contribution in [0.2, 0.25) is 0 Å². The van der Waals surface area contributed by atoms with Crippen molar-refractivity contribution in [1.29, 1.82) is 0 Å². The fourth-order valence-electron chi connectivity index (χ4n) is 4.38. The summed E-state index contributed by atoms with van der Waals surface area (Å²) >= 11 is 1.84. The van der Waals surface area contributed by atoms with Crippen LogP contribution in [-0.2, 0) is 0 Å². The van der Waals surface area contributed by atoms with Gasteiger partial charge in [-0.15, -0.1) is 23.7 Å². The van der Waals surface area contributed by atoms with Crippen LogP contribution in [0.3, 0.4) is 0 Å². The summed E-state index contributed by atoms with van der Waals surface area (Å²) in [5.41, 5.74) is 4.88. The van der Waals surface area contributed by atoms with Crippen LogP contribution in [0.1, 0.15) is 31.2 Å². The van der Waals surface area contributed by atoms with Crippen LogP contribution in [-0.4, -0.2) is 25.5 Å². The van der Waals surface area contributed by atoms with Crippen molar-refractivity contribution in [2.75, 3.05) is 20.6 Å². The quantitative estimate of drug-likeness (QED) is 0.721. The zero-order valence-corrected chi connectivity index (χ0v) is 15.0. The molecule has 0 amide bonds. The molecule has 2 atom stereocenters. The zero-order valence-electron chi connectivity index (χ0n) is 13.3. The number of hydrogen-bond donors (Lipinski definition) is 0. The predicted molar refractivity (Wildman–Crippen MR) is 100.0 cm³/mol. The van der Waals surface area contributed by atoms with E-state index in [1.807, 2.05) is 11.3 Å². The summed E-state index contributed by atoms with van der Waals surface area (Å²) < 4.78 is 1.41. The van der Waals surface area contributed by atoms with Crippen molar-refractivity contribution in [3.8, 4) is 0 Å². The van der Waals surface area contributed by atoms with Gasteiger partial charge in [-0.05, 0) is 91.7 Å². The number of thiophene rings is 1. The minimum absolute atomic E-state index is 0. The maximum absolute atomic E-state index is 2.43. The molecule has 1 aromatic heterocycles. The lowest BCUT2D eigenvalue weighted by atomic mass is 9.79. The first-order valence-electron chi connectivity index (χ1n) is 8.05. The van der Waals surface area contributed by atoms with Gasteiger partial charge in [0.15, 0.2) is 0 Å². The van der Waals surface area contributed by atoms with Gasteiger partial charge in [0.2, 0.25) is 0 Å². The SMILES string of the molecule is CN(C)CC1=C(c2ccc3sccc3c2)C2CCC(C1)C2.Cl. The summed E-state index contributed by atoms with van der Waals surface area (Å²) in [5.74, 6) is 1.77. The van der Waals surface area contributed by atoms with Crippen molar-refractivity contribution < 1.29 is 0 Å². The number of hydrogen-bond acceptors (Lipinski definition) is 2. The summed E-state index contributed by atoms with van der Waals surface area (Å²) in [5, 5.41) is 3.62. The third kappa shape index (κ3) is 2.84. The molecule has 0 aliphatic heterocycles. The van der Waals surface area contributed by atoms with Gasteiger partial charge in [0.1, 0.15) is 0 Å². The van der Waals surface area contributed by atoms with Gasteiger partial charge in [-0.25, -0.2) is 0 Å². The van der Waals surface area contributed by atoms with E-state index in [2.05, 4.69) is 48.6 Å². The molecule has 2 bridgehead atoms. The van der Waals surface area contributed by atoms with E-state index in [-0.39, 0.29) is 12.4 Å². The highest BCUT2D eigenvalue weighted by atomic mass is 35.5. The Morgan fingerprint density at radius 2 is 2.05 bits per heavy atom. The van der Waals surface area contributed by atoms with Gasteiger partial charge >= 0.3 is 0 Å². The van der Waals surface area contributed by atoms with Crippen LogP contribution in [0.4, 0.5) is 0 Å². The molecule has 1 fully saturated rings. The average Bonchev–Trinajstić information content (AvgIpc) is 3.05. The van der Waals surface area contributed by atoms with Crippen molar-refractivity contribution in [3.63, 3.8) is 0 Å². The highest BCUT2D eigenvalue weighted by Gasteiger charge is 2.35. The Hall–Kier alpha value is -0.830. The van der Waals surface area contributed by atoms with E-state index in [0.717, 1.165) is 18.4 Å². The standard InChI is InChI=1S/C19H23NS.ClH/c1-20(2)12-17-10-13-3-4-15(9-13)19(17)16-5-6-18-14(11-16)7-8-21-18;/h5-8,11,13,15H,3-4,9-10,12H2,1-2H3;1H. The average molecular weight is 334 g/mol. The molecule has 3 heteroatoms. The minimum atomic E-state index is 0. The molecule has 118 valence electrons. The summed E-state index contributed by atoms with van der Waals surface area (Å²) in [4.78, 5) is 2.34. The van der Waals surface area contributed by atoms with Gasteiger partial charge in [-0.1, -0.05) is 11.6 Å². The van der Waals surface area contributed by atoms with Crippen molar-refractivity contribution >= 4 is 39.4 Å². The highest BCUT2D eigenvalue weighted by Crippen LogP contribution is 2.49. The minimum Gasteiger partial charge on any atom is -0.305 e. The number of fused-ring (bicyclic) bond motifs is 3. The molecule has 2 unspecified atom stereocenters. The second kappa shape index (κ2) is 6.35. The topological polar surface area (TPSA) is 3.24 Å². The van der Waals surface area contributed by atoms with E-state index < -0.39 is 0 Å². The van der Waals surface area contributed by atoms with Crippen LogP contribution >= 0.6 is 23.7 Å². The third-order valence-electron chi connectivity index (χ3n) is 5.14. The van der Waals surface area contributed by atoms with Gasteiger partial charge in [0, 0.05) is 11.2 Å². The molecule has 1 saturated carbocycles. The highest BCUT2D eigenvalue weighted by molar-refractivity contribution is 7.17. The lowest BCUT2D eigenvalue weighted by Gasteiger charge is -2.29. The summed E-state index contributed by atoms with van der Waals surface area (Å²) in [6.45, 7) is 1.13. The molecule has 0 saturated heterocycles. The number of rotatable bonds is 3. The molecular weight excluding hydrogens is 310 g/mol. The van der Waals surface area contributed by atoms with Crippen LogP contribution in [0.15, 0.2) is 35.2 Å². The normalized spacial score (nSPS) is 24.1. The Bertz CT molecular complexity index is 700. The molecule has 0 radical (unpaired) electrons. The summed E-state index contributed by atoms with van der Waals surface area (Å²) in [6.07, 6.45) is 5.59. The van der Waals surface area contributed by atoms with Crippen LogP contribution in [0.25, 0.3) is 15.7 Å². The first-order valence-corrected chi connectivity index (χ1v) is 8.93. The van der Waals surface area contributed by atoms with E-state index in [1.54, 1.807) is 11.1 Å². The maximum Gasteiger partial charge on any atom is 0.0343 e. The predicted octanol–water partition coefficient (Wildman–Crippen LogP) is 5.46. The summed E-state index contributed by atoms with van der Waals surface area (Å²) in [6, 6.07) is 9.37. The molecule has 1 heterocycles. The molecule has 0 spiro atoms. The summed E-state index contributed by atoms with van der Waals surface area (Å²) in [7, 11) is 4.40. The number of allylic oxidation sites excluding steroid dienone is 1. The molecule has 4 rings (SSSR count). The van der Waals surface area contributed by atoms with Crippen LogP contribution in [0.5, 0.6) is 0 Å². The van der Waals surface area contributed by atoms with Gasteiger partial charge in [0.25, 0.3) is 0 Å². The van der Waals surface area contributed by atoms with Crippen molar-refractivity contribution in [2.24, 2.45) is 11.8 Å². The van der Waals surface area contributed by atoms with Crippen LogP contribution < -0.4 is 0 Å². The molecule has 1 nitrogen and oxygen atoms in total.